The zero-order valence-corrected chi connectivity index (χ0v) is 17.3. The summed E-state index contributed by atoms with van der Waals surface area (Å²) < 4.78 is 0. The Balaban J connectivity index is 1.31. The van der Waals surface area contributed by atoms with Crippen molar-refractivity contribution in [2.75, 3.05) is 0 Å². The Bertz CT molecular complexity index is 669. The van der Waals surface area contributed by atoms with Crippen LogP contribution in [0, 0.1) is 40.9 Å². The fourth-order valence-electron chi connectivity index (χ4n) is 6.65. The van der Waals surface area contributed by atoms with E-state index in [-0.39, 0.29) is 0 Å². The highest BCUT2D eigenvalue weighted by Crippen LogP contribution is 2.49. The molecule has 0 N–H and O–H groups in total. The van der Waals surface area contributed by atoms with Gasteiger partial charge in [0.05, 0.1) is 11.6 Å². The fourth-order valence-corrected chi connectivity index (χ4v) is 6.65. The van der Waals surface area contributed by atoms with E-state index in [1.807, 2.05) is 6.07 Å². The van der Waals surface area contributed by atoms with E-state index >= 15 is 0 Å². The highest BCUT2D eigenvalue weighted by molar-refractivity contribution is 5.39. The third-order valence-electron chi connectivity index (χ3n) is 8.25. The number of nitriles is 1. The minimum atomic E-state index is 0.836. The lowest BCUT2D eigenvalue weighted by atomic mass is 9.61. The van der Waals surface area contributed by atoms with Gasteiger partial charge in [0, 0.05) is 0 Å². The van der Waals surface area contributed by atoms with Gasteiger partial charge in [-0.1, -0.05) is 45.1 Å². The van der Waals surface area contributed by atoms with E-state index in [9.17, 15) is 0 Å². The molecule has 2 saturated carbocycles. The number of benzene rings is 1. The van der Waals surface area contributed by atoms with Crippen molar-refractivity contribution in [2.45, 2.75) is 90.4 Å². The molecule has 1 aromatic carbocycles. The maximum atomic E-state index is 9.13. The van der Waals surface area contributed by atoms with Crippen molar-refractivity contribution in [1.82, 2.24) is 0 Å². The van der Waals surface area contributed by atoms with E-state index in [0.717, 1.165) is 35.2 Å². The lowest BCUT2D eigenvalue weighted by molar-refractivity contribution is 0.0690. The van der Waals surface area contributed by atoms with Gasteiger partial charge in [-0.2, -0.15) is 5.26 Å². The Labute approximate surface area is 166 Å². The molecule has 5 atom stereocenters. The SMILES string of the molecule is CCCCCC1CCC2CC(C3CCc4cc(C#N)ccc4C3)CCC2C1. The summed E-state index contributed by atoms with van der Waals surface area (Å²) in [5.74, 6) is 5.00. The van der Waals surface area contributed by atoms with Crippen molar-refractivity contribution in [2.24, 2.45) is 29.6 Å². The summed E-state index contributed by atoms with van der Waals surface area (Å²) in [5, 5.41) is 9.13. The van der Waals surface area contributed by atoms with E-state index in [4.69, 9.17) is 5.26 Å². The number of aryl methyl sites for hydroxylation is 1. The van der Waals surface area contributed by atoms with Crippen LogP contribution < -0.4 is 0 Å². The molecular formula is C26H37N. The molecule has 1 aromatic rings. The zero-order valence-electron chi connectivity index (χ0n) is 17.3. The number of unbranched alkanes of at least 4 members (excludes halogenated alkanes) is 2. The maximum Gasteiger partial charge on any atom is 0.0991 e. The molecule has 0 radical (unpaired) electrons. The summed E-state index contributed by atoms with van der Waals surface area (Å²) >= 11 is 0. The van der Waals surface area contributed by atoms with Crippen molar-refractivity contribution in [3.05, 3.63) is 34.9 Å². The lowest BCUT2D eigenvalue weighted by Crippen LogP contribution is -2.35. The van der Waals surface area contributed by atoms with Crippen LogP contribution in [0.15, 0.2) is 18.2 Å². The Morgan fingerprint density at radius 3 is 2.48 bits per heavy atom. The van der Waals surface area contributed by atoms with Crippen LogP contribution in [0.25, 0.3) is 0 Å². The standard InChI is InChI=1S/C26H37N/c1-2-3-4-5-19-6-8-23-16-25(12-10-21(23)14-19)26-13-11-22-15-20(18-27)7-9-24(22)17-26/h7,9,15,19,21,23,25-26H,2-6,8,10-14,16-17H2,1H3. The molecule has 3 aliphatic carbocycles. The first-order valence-electron chi connectivity index (χ1n) is 11.8. The van der Waals surface area contributed by atoms with Crippen molar-refractivity contribution in [3.8, 4) is 6.07 Å². The molecule has 0 aliphatic heterocycles. The monoisotopic (exact) mass is 363 g/mol. The van der Waals surface area contributed by atoms with E-state index in [1.165, 1.54) is 88.2 Å². The quantitative estimate of drug-likeness (QED) is 0.513. The molecule has 1 nitrogen and oxygen atoms in total. The van der Waals surface area contributed by atoms with Crippen molar-refractivity contribution < 1.29 is 0 Å². The number of hydrogen-bond acceptors (Lipinski definition) is 1. The summed E-state index contributed by atoms with van der Waals surface area (Å²) in [7, 11) is 0. The summed E-state index contributed by atoms with van der Waals surface area (Å²) in [6.45, 7) is 2.32. The number of hydrogen-bond donors (Lipinski definition) is 0. The minimum absolute atomic E-state index is 0.836. The van der Waals surface area contributed by atoms with Gasteiger partial charge in [0.1, 0.15) is 0 Å². The lowest BCUT2D eigenvalue weighted by Gasteiger charge is -2.45. The van der Waals surface area contributed by atoms with Crippen molar-refractivity contribution in [3.63, 3.8) is 0 Å². The van der Waals surface area contributed by atoms with Crippen LogP contribution in [-0.2, 0) is 12.8 Å². The fraction of sp³-hybridized carbons (Fsp3) is 0.731. The normalized spacial score (nSPS) is 33.0. The minimum Gasteiger partial charge on any atom is -0.192 e. The van der Waals surface area contributed by atoms with E-state index in [2.05, 4.69) is 25.1 Å². The van der Waals surface area contributed by atoms with Gasteiger partial charge in [0.15, 0.2) is 0 Å². The van der Waals surface area contributed by atoms with E-state index in [1.54, 1.807) is 6.42 Å². The first-order chi connectivity index (χ1) is 13.3. The van der Waals surface area contributed by atoms with Crippen LogP contribution in [0.1, 0.15) is 94.2 Å². The predicted molar refractivity (Wildman–Crippen MR) is 112 cm³/mol. The molecule has 3 aliphatic rings. The van der Waals surface area contributed by atoms with Crippen molar-refractivity contribution in [1.29, 1.82) is 5.26 Å². The summed E-state index contributed by atoms with van der Waals surface area (Å²) in [4.78, 5) is 0. The Morgan fingerprint density at radius 1 is 0.889 bits per heavy atom. The topological polar surface area (TPSA) is 23.8 Å². The molecular weight excluding hydrogens is 326 g/mol. The predicted octanol–water partition coefficient (Wildman–Crippen LogP) is 7.08. The van der Waals surface area contributed by atoms with Crippen LogP contribution in [-0.4, -0.2) is 0 Å². The molecule has 0 aromatic heterocycles. The zero-order chi connectivity index (χ0) is 18.6. The molecule has 27 heavy (non-hydrogen) atoms. The van der Waals surface area contributed by atoms with Crippen LogP contribution in [0.3, 0.4) is 0 Å². The molecule has 0 heterocycles. The first-order valence-corrected chi connectivity index (χ1v) is 11.8. The summed E-state index contributed by atoms with van der Waals surface area (Å²) in [6.07, 6.45) is 18.7. The Hall–Kier alpha value is -1.29. The van der Waals surface area contributed by atoms with Crippen LogP contribution in [0.2, 0.25) is 0 Å². The van der Waals surface area contributed by atoms with Crippen LogP contribution >= 0.6 is 0 Å². The Morgan fingerprint density at radius 2 is 1.67 bits per heavy atom. The molecule has 2 fully saturated rings. The summed E-state index contributed by atoms with van der Waals surface area (Å²) in [6, 6.07) is 8.71. The smallest absolute Gasteiger partial charge is 0.0991 e. The molecule has 0 saturated heterocycles. The number of nitrogens with zero attached hydrogens (tertiary/aromatic N) is 1. The Kier molecular flexibility index (Phi) is 6.21. The van der Waals surface area contributed by atoms with E-state index < -0.39 is 0 Å². The molecule has 5 unspecified atom stereocenters. The molecule has 0 spiro atoms. The average molecular weight is 364 g/mol. The molecule has 1 heteroatoms. The van der Waals surface area contributed by atoms with Crippen molar-refractivity contribution >= 4 is 0 Å². The largest absolute Gasteiger partial charge is 0.192 e. The maximum absolute atomic E-state index is 9.13. The molecule has 4 rings (SSSR count). The number of rotatable bonds is 5. The molecule has 0 bridgehead atoms. The highest BCUT2D eigenvalue weighted by Gasteiger charge is 2.38. The number of fused-ring (bicyclic) bond motifs is 2. The van der Waals surface area contributed by atoms with Gasteiger partial charge in [-0.05, 0) is 104 Å². The second-order valence-corrected chi connectivity index (χ2v) is 9.87. The van der Waals surface area contributed by atoms with Gasteiger partial charge in [-0.25, -0.2) is 0 Å². The molecule has 146 valence electrons. The van der Waals surface area contributed by atoms with Crippen LogP contribution in [0.4, 0.5) is 0 Å². The third kappa shape index (κ3) is 4.42. The van der Waals surface area contributed by atoms with Gasteiger partial charge in [0.2, 0.25) is 0 Å². The second kappa shape index (κ2) is 8.81. The van der Waals surface area contributed by atoms with Crippen LogP contribution in [0.5, 0.6) is 0 Å². The van der Waals surface area contributed by atoms with Gasteiger partial charge in [0.25, 0.3) is 0 Å². The third-order valence-corrected chi connectivity index (χ3v) is 8.25. The average Bonchev–Trinajstić information content (AvgIpc) is 2.72. The molecule has 0 amide bonds. The second-order valence-electron chi connectivity index (χ2n) is 9.87. The summed E-state index contributed by atoms with van der Waals surface area (Å²) in [5.41, 5.74) is 3.82. The van der Waals surface area contributed by atoms with Gasteiger partial charge in [-0.15, -0.1) is 0 Å². The highest BCUT2D eigenvalue weighted by atomic mass is 14.4. The first kappa shape index (κ1) is 19.0. The van der Waals surface area contributed by atoms with Gasteiger partial charge < -0.3 is 0 Å². The van der Waals surface area contributed by atoms with Gasteiger partial charge in [-0.3, -0.25) is 0 Å². The van der Waals surface area contributed by atoms with Gasteiger partial charge >= 0.3 is 0 Å². The van der Waals surface area contributed by atoms with E-state index in [0.29, 0.717) is 0 Å².